The molecule has 0 aliphatic rings. The Labute approximate surface area is 169 Å². The fraction of sp³-hybridized carbons (Fsp3) is 0.0870. The molecule has 0 fully saturated rings. The van der Waals surface area contributed by atoms with Gasteiger partial charge in [0.2, 0.25) is 5.91 Å². The molecule has 0 saturated heterocycles. The Morgan fingerprint density at radius 1 is 0.852 bits per heavy atom. The van der Waals surface area contributed by atoms with Gasteiger partial charge in [-0.2, -0.15) is 0 Å². The van der Waals surface area contributed by atoms with Crippen LogP contribution in [0.3, 0.4) is 0 Å². The van der Waals surface area contributed by atoms with Crippen LogP contribution in [0.2, 0.25) is 0 Å². The summed E-state index contributed by atoms with van der Waals surface area (Å²) in [4.78, 5) is 15.2. The molecule has 0 spiro atoms. The maximum atomic E-state index is 13.1. The van der Waals surface area contributed by atoms with Crippen LogP contribution in [-0.4, -0.2) is 10.5 Å². The predicted molar refractivity (Wildman–Crippen MR) is 117 cm³/mol. The van der Waals surface area contributed by atoms with E-state index < -0.39 is 0 Å². The number of para-hydroxylation sites is 1. The molecule has 27 heavy (non-hydrogen) atoms. The van der Waals surface area contributed by atoms with Gasteiger partial charge in [-0.3, -0.25) is 4.79 Å². The first kappa shape index (κ1) is 19.3. The van der Waals surface area contributed by atoms with Crippen LogP contribution in [-0.2, 0) is 11.2 Å². The largest absolute Gasteiger partial charge is 0.324 e. The fourth-order valence-electron chi connectivity index (χ4n) is 2.54. The summed E-state index contributed by atoms with van der Waals surface area (Å²) in [5.41, 5.74) is 1.91. The highest BCUT2D eigenvalue weighted by molar-refractivity contribution is 8.18. The van der Waals surface area contributed by atoms with Gasteiger partial charge in [-0.25, -0.2) is 0 Å². The first-order valence-electron chi connectivity index (χ1n) is 8.69. The minimum Gasteiger partial charge on any atom is -0.324 e. The number of hydrogen-bond donors (Lipinski definition) is 1. The molecule has 4 heteroatoms. The molecule has 0 bridgehead atoms. The van der Waals surface area contributed by atoms with Gasteiger partial charge in [0, 0.05) is 15.5 Å². The summed E-state index contributed by atoms with van der Waals surface area (Å²) in [5, 5.41) is 3.11. The number of rotatable bonds is 8. The highest BCUT2D eigenvalue weighted by Crippen LogP contribution is 2.36. The molecule has 0 saturated carbocycles. The van der Waals surface area contributed by atoms with Crippen LogP contribution in [0, 0.1) is 0 Å². The van der Waals surface area contributed by atoms with Gasteiger partial charge >= 0.3 is 0 Å². The molecule has 0 atom stereocenters. The summed E-state index contributed by atoms with van der Waals surface area (Å²) < 4.78 is -0.299. The standard InChI is InChI=1S/C23H21NOS2/c1-2-11-18-12-9-10-17-21(18)24-22(25)23(26-19-13-5-3-6-14-19)27-20-15-7-4-8-16-20/h2-10,12-17,23H,1,11H2,(H,24,25). The van der Waals surface area contributed by atoms with E-state index in [1.807, 2.05) is 91.0 Å². The van der Waals surface area contributed by atoms with E-state index >= 15 is 0 Å². The van der Waals surface area contributed by atoms with Crippen molar-refractivity contribution in [2.75, 3.05) is 5.32 Å². The molecule has 0 aliphatic carbocycles. The van der Waals surface area contributed by atoms with Crippen molar-refractivity contribution < 1.29 is 4.79 Å². The van der Waals surface area contributed by atoms with Crippen LogP contribution in [0.25, 0.3) is 0 Å². The van der Waals surface area contributed by atoms with Crippen molar-refractivity contribution in [1.82, 2.24) is 0 Å². The number of carbonyl (C=O) groups excluding carboxylic acids is 1. The van der Waals surface area contributed by atoms with E-state index in [1.54, 1.807) is 23.5 Å². The molecule has 3 rings (SSSR count). The topological polar surface area (TPSA) is 29.1 Å². The zero-order valence-corrected chi connectivity index (χ0v) is 16.5. The zero-order valence-electron chi connectivity index (χ0n) is 14.9. The number of carbonyl (C=O) groups is 1. The Hall–Kier alpha value is -2.43. The Bertz CT molecular complexity index is 840. The summed E-state index contributed by atoms with van der Waals surface area (Å²) >= 11 is 3.12. The van der Waals surface area contributed by atoms with E-state index in [1.165, 1.54) is 0 Å². The molecule has 0 aromatic heterocycles. The second kappa shape index (κ2) is 10.0. The molecule has 0 heterocycles. The van der Waals surface area contributed by atoms with Crippen molar-refractivity contribution in [1.29, 1.82) is 0 Å². The Kier molecular flexibility index (Phi) is 7.19. The molecule has 0 unspecified atom stereocenters. The number of anilines is 1. The van der Waals surface area contributed by atoms with E-state index in [0.717, 1.165) is 27.5 Å². The van der Waals surface area contributed by atoms with E-state index in [-0.39, 0.29) is 10.5 Å². The number of benzene rings is 3. The third kappa shape index (κ3) is 5.78. The fourth-order valence-corrected chi connectivity index (χ4v) is 4.86. The lowest BCUT2D eigenvalue weighted by atomic mass is 10.1. The van der Waals surface area contributed by atoms with Gasteiger partial charge in [0.1, 0.15) is 4.58 Å². The van der Waals surface area contributed by atoms with Crippen molar-refractivity contribution in [2.24, 2.45) is 0 Å². The van der Waals surface area contributed by atoms with Gasteiger partial charge in [-0.05, 0) is 42.3 Å². The Morgan fingerprint density at radius 3 is 1.93 bits per heavy atom. The second-order valence-corrected chi connectivity index (χ2v) is 8.49. The SMILES string of the molecule is C=CCc1ccccc1NC(=O)C(Sc1ccccc1)Sc1ccccc1. The number of thioether (sulfide) groups is 2. The average molecular weight is 392 g/mol. The quantitative estimate of drug-likeness (QED) is 0.279. The zero-order chi connectivity index (χ0) is 18.9. The highest BCUT2D eigenvalue weighted by atomic mass is 32.2. The third-order valence-corrected chi connectivity index (χ3v) is 6.35. The molecule has 2 nitrogen and oxygen atoms in total. The summed E-state index contributed by atoms with van der Waals surface area (Å²) in [6, 6.07) is 27.9. The van der Waals surface area contributed by atoms with Crippen molar-refractivity contribution >= 4 is 35.1 Å². The summed E-state index contributed by atoms with van der Waals surface area (Å²) in [7, 11) is 0. The molecule has 3 aromatic carbocycles. The van der Waals surface area contributed by atoms with E-state index in [2.05, 4.69) is 11.9 Å². The van der Waals surface area contributed by atoms with Crippen molar-refractivity contribution in [3.05, 3.63) is 103 Å². The Balaban J connectivity index is 1.81. The summed E-state index contributed by atoms with van der Waals surface area (Å²) in [6.07, 6.45) is 2.57. The molecule has 1 amide bonds. The number of amides is 1. The lowest BCUT2D eigenvalue weighted by Crippen LogP contribution is -2.23. The second-order valence-electron chi connectivity index (χ2n) is 5.83. The molecule has 136 valence electrons. The number of nitrogens with one attached hydrogen (secondary N) is 1. The molecule has 0 aliphatic heterocycles. The lowest BCUT2D eigenvalue weighted by molar-refractivity contribution is -0.114. The smallest absolute Gasteiger partial charge is 0.248 e. The summed E-state index contributed by atoms with van der Waals surface area (Å²) in [5.74, 6) is -0.0192. The van der Waals surface area contributed by atoms with Crippen LogP contribution in [0.5, 0.6) is 0 Å². The summed E-state index contributed by atoms with van der Waals surface area (Å²) in [6.45, 7) is 3.80. The van der Waals surface area contributed by atoms with Crippen LogP contribution in [0.15, 0.2) is 107 Å². The van der Waals surface area contributed by atoms with Crippen LogP contribution in [0.1, 0.15) is 5.56 Å². The monoisotopic (exact) mass is 391 g/mol. The van der Waals surface area contributed by atoms with Crippen molar-refractivity contribution in [3.8, 4) is 0 Å². The van der Waals surface area contributed by atoms with Crippen LogP contribution in [0.4, 0.5) is 5.69 Å². The van der Waals surface area contributed by atoms with Gasteiger partial charge in [-0.15, -0.1) is 30.1 Å². The first-order chi connectivity index (χ1) is 13.3. The van der Waals surface area contributed by atoms with Gasteiger partial charge in [0.15, 0.2) is 0 Å². The molecule has 0 radical (unpaired) electrons. The van der Waals surface area contributed by atoms with E-state index in [0.29, 0.717) is 0 Å². The van der Waals surface area contributed by atoms with E-state index in [4.69, 9.17) is 0 Å². The van der Waals surface area contributed by atoms with Gasteiger partial charge < -0.3 is 5.32 Å². The number of hydrogen-bond acceptors (Lipinski definition) is 3. The third-order valence-electron chi connectivity index (χ3n) is 3.83. The maximum absolute atomic E-state index is 13.1. The van der Waals surface area contributed by atoms with Gasteiger partial charge in [0.25, 0.3) is 0 Å². The van der Waals surface area contributed by atoms with Crippen molar-refractivity contribution in [2.45, 2.75) is 20.8 Å². The number of allylic oxidation sites excluding steroid dienone is 1. The minimum atomic E-state index is -0.299. The van der Waals surface area contributed by atoms with Gasteiger partial charge in [0.05, 0.1) is 0 Å². The molecular formula is C23H21NOS2. The molecular weight excluding hydrogens is 370 g/mol. The molecule has 1 N–H and O–H groups in total. The predicted octanol–water partition coefficient (Wildman–Crippen LogP) is 6.26. The van der Waals surface area contributed by atoms with Gasteiger partial charge in [-0.1, -0.05) is 60.7 Å². The molecule has 3 aromatic rings. The van der Waals surface area contributed by atoms with Crippen molar-refractivity contribution in [3.63, 3.8) is 0 Å². The Morgan fingerprint density at radius 2 is 1.37 bits per heavy atom. The van der Waals surface area contributed by atoms with Crippen LogP contribution >= 0.6 is 23.5 Å². The first-order valence-corrected chi connectivity index (χ1v) is 10.5. The van der Waals surface area contributed by atoms with E-state index in [9.17, 15) is 4.79 Å². The maximum Gasteiger partial charge on any atom is 0.248 e. The van der Waals surface area contributed by atoms with Crippen LogP contribution < -0.4 is 5.32 Å². The normalized spacial score (nSPS) is 10.6. The minimum absolute atomic E-state index is 0.0192. The average Bonchev–Trinajstić information content (AvgIpc) is 2.71. The highest BCUT2D eigenvalue weighted by Gasteiger charge is 2.22. The lowest BCUT2D eigenvalue weighted by Gasteiger charge is -2.17.